The summed E-state index contributed by atoms with van der Waals surface area (Å²) in [4.78, 5) is 0. The minimum atomic E-state index is -2.63. The molecule has 0 amide bonds. The molecule has 2 saturated heterocycles. The Morgan fingerprint density at radius 2 is 0.968 bits per heavy atom. The minimum Gasteiger partial charge on any atom is -0.229 e. The Bertz CT molecular complexity index is 544. The van der Waals surface area contributed by atoms with Crippen molar-refractivity contribution in [3.05, 3.63) is 0 Å². The average Bonchev–Trinajstić information content (AvgIpc) is 3.36. The van der Waals surface area contributed by atoms with Crippen LogP contribution in [0.3, 0.4) is 0 Å². The van der Waals surface area contributed by atoms with Gasteiger partial charge in [-0.3, -0.25) is 0 Å². The van der Waals surface area contributed by atoms with Crippen LogP contribution in [0.5, 0.6) is 0 Å². The number of rotatable bonds is 2. The zero-order valence-electron chi connectivity index (χ0n) is 19.8. The van der Waals surface area contributed by atoms with Gasteiger partial charge in [0.05, 0.1) is 11.5 Å². The monoisotopic (exact) mass is 472 g/mol. The van der Waals surface area contributed by atoms with Crippen molar-refractivity contribution in [2.24, 2.45) is 35.5 Å². The predicted molar refractivity (Wildman–Crippen MR) is 140 cm³/mol. The molecular weight excluding hydrogens is 420 g/mol. The maximum absolute atomic E-state index is 11.2. The third-order valence-electron chi connectivity index (χ3n) is 8.85. The lowest BCUT2D eigenvalue weighted by Crippen LogP contribution is -2.17. The molecule has 2 aliphatic heterocycles. The number of hydrogen-bond donors (Lipinski definition) is 0. The second-order valence-corrected chi connectivity index (χ2v) is 14.1. The molecule has 3 aliphatic carbocycles. The molecule has 184 valence electrons. The summed E-state index contributed by atoms with van der Waals surface area (Å²) in [5, 5.41) is 0. The second-order valence-electron chi connectivity index (χ2n) is 10.8. The van der Waals surface area contributed by atoms with E-state index in [9.17, 15) is 8.42 Å². The summed E-state index contributed by atoms with van der Waals surface area (Å²) < 4.78 is 22.4. The largest absolute Gasteiger partial charge is 0.229 e. The van der Waals surface area contributed by atoms with Crippen molar-refractivity contribution >= 4 is 21.6 Å². The Kier molecular flexibility index (Phi) is 12.3. The smallest absolute Gasteiger partial charge is 0.150 e. The molecule has 3 saturated carbocycles. The van der Waals surface area contributed by atoms with Crippen molar-refractivity contribution in [2.45, 2.75) is 111 Å². The molecule has 0 radical (unpaired) electrons. The fraction of sp³-hybridized carbons (Fsp3) is 1.00. The first kappa shape index (κ1) is 27.5. The van der Waals surface area contributed by atoms with Crippen LogP contribution in [0.15, 0.2) is 0 Å². The first-order valence-corrected chi connectivity index (χ1v) is 16.3. The Hall–Kier alpha value is 0.300. The lowest BCUT2D eigenvalue weighted by Gasteiger charge is -2.29. The lowest BCUT2D eigenvalue weighted by atomic mass is 9.77. The summed E-state index contributed by atoms with van der Waals surface area (Å²) in [5.41, 5.74) is 0. The van der Waals surface area contributed by atoms with Crippen LogP contribution >= 0.6 is 11.8 Å². The van der Waals surface area contributed by atoms with Gasteiger partial charge in [0.2, 0.25) is 0 Å². The number of hydrogen-bond acceptors (Lipinski definition) is 3. The van der Waals surface area contributed by atoms with Crippen molar-refractivity contribution in [1.82, 2.24) is 0 Å². The second kappa shape index (κ2) is 13.9. The van der Waals surface area contributed by atoms with E-state index in [1.54, 1.807) is 0 Å². The van der Waals surface area contributed by atoms with Crippen LogP contribution in [0.4, 0.5) is 0 Å². The molecule has 0 aromatic heterocycles. The molecule has 5 aliphatic rings. The SMILES string of the molecule is C.C1CC[C@@H]2CSCC2C1.CCC1CCCC[C@@H]1CC.O=S1(=O)CC2CCCC[C@@H]2C1. The molecule has 0 N–H and O–H groups in total. The van der Waals surface area contributed by atoms with E-state index in [0.29, 0.717) is 23.3 Å². The van der Waals surface area contributed by atoms with Gasteiger partial charge in [-0.2, -0.15) is 11.8 Å². The van der Waals surface area contributed by atoms with E-state index >= 15 is 0 Å². The van der Waals surface area contributed by atoms with E-state index in [2.05, 4.69) is 25.6 Å². The zero-order chi connectivity index (χ0) is 21.4. The highest BCUT2D eigenvalue weighted by molar-refractivity contribution is 7.99. The fourth-order valence-corrected chi connectivity index (χ4v) is 10.8. The highest BCUT2D eigenvalue weighted by Crippen LogP contribution is 2.40. The van der Waals surface area contributed by atoms with Crippen molar-refractivity contribution < 1.29 is 8.42 Å². The fourth-order valence-electron chi connectivity index (χ4n) is 6.90. The van der Waals surface area contributed by atoms with Gasteiger partial charge in [0.25, 0.3) is 0 Å². The molecule has 0 aromatic rings. The van der Waals surface area contributed by atoms with Gasteiger partial charge in [-0.15, -0.1) is 0 Å². The summed E-state index contributed by atoms with van der Waals surface area (Å²) in [6.45, 7) is 4.69. The molecule has 3 unspecified atom stereocenters. The van der Waals surface area contributed by atoms with E-state index in [4.69, 9.17) is 0 Å². The number of thioether (sulfide) groups is 1. The Morgan fingerprint density at radius 1 is 0.613 bits per heavy atom. The summed E-state index contributed by atoms with van der Waals surface area (Å²) >= 11 is 2.18. The normalized spacial score (nSPS) is 38.3. The van der Waals surface area contributed by atoms with E-state index in [1.165, 1.54) is 88.6 Å². The molecule has 5 rings (SSSR count). The summed E-state index contributed by atoms with van der Waals surface area (Å²) in [5.74, 6) is 9.36. The maximum atomic E-state index is 11.2. The topological polar surface area (TPSA) is 34.1 Å². The molecule has 0 spiro atoms. The van der Waals surface area contributed by atoms with Crippen LogP contribution in [0.2, 0.25) is 0 Å². The molecule has 2 nitrogen and oxygen atoms in total. The van der Waals surface area contributed by atoms with E-state index < -0.39 is 9.84 Å². The van der Waals surface area contributed by atoms with Crippen LogP contribution in [0, 0.1) is 35.5 Å². The summed E-state index contributed by atoms with van der Waals surface area (Å²) in [6, 6.07) is 0. The van der Waals surface area contributed by atoms with Crippen LogP contribution in [-0.2, 0) is 9.84 Å². The quantitative estimate of drug-likeness (QED) is 0.408. The number of sulfone groups is 1. The Labute approximate surface area is 199 Å². The van der Waals surface area contributed by atoms with E-state index in [0.717, 1.165) is 36.5 Å². The number of fused-ring (bicyclic) bond motifs is 2. The zero-order valence-corrected chi connectivity index (χ0v) is 21.5. The maximum Gasteiger partial charge on any atom is 0.150 e. The minimum absolute atomic E-state index is 0. The van der Waals surface area contributed by atoms with Crippen molar-refractivity contribution in [1.29, 1.82) is 0 Å². The van der Waals surface area contributed by atoms with E-state index in [1.807, 2.05) is 0 Å². The van der Waals surface area contributed by atoms with Gasteiger partial charge in [-0.1, -0.05) is 85.5 Å². The van der Waals surface area contributed by atoms with Crippen LogP contribution in [-0.4, -0.2) is 31.4 Å². The van der Waals surface area contributed by atoms with Crippen LogP contribution in [0.1, 0.15) is 111 Å². The van der Waals surface area contributed by atoms with E-state index in [-0.39, 0.29) is 7.43 Å². The standard InChI is InChI=1S/C10H20.C8H14O2S.C8H14S.CH4/c1-3-9-7-5-6-8-10(9)4-2;9-11(10)5-7-3-1-2-4-8(7)6-11;1-2-4-8-6-9-5-7(8)3-1;/h9-10H,3-8H2,1-2H3;7-8H,1-6H2;7-8H,1-6H2;1H4/t9-,10?;2*7-,8?;/m011./s1. The van der Waals surface area contributed by atoms with Crippen molar-refractivity contribution in [3.8, 4) is 0 Å². The van der Waals surface area contributed by atoms with Gasteiger partial charge in [0.1, 0.15) is 0 Å². The molecule has 4 heteroatoms. The Morgan fingerprint density at radius 3 is 1.35 bits per heavy atom. The van der Waals surface area contributed by atoms with Gasteiger partial charge in [0.15, 0.2) is 9.84 Å². The summed E-state index contributed by atoms with van der Waals surface area (Å²) in [7, 11) is -2.63. The van der Waals surface area contributed by atoms with Gasteiger partial charge in [-0.25, -0.2) is 8.42 Å². The average molecular weight is 473 g/mol. The van der Waals surface area contributed by atoms with Crippen LogP contribution < -0.4 is 0 Å². The molecule has 31 heavy (non-hydrogen) atoms. The van der Waals surface area contributed by atoms with Gasteiger partial charge >= 0.3 is 0 Å². The highest BCUT2D eigenvalue weighted by atomic mass is 32.2. The molecular formula is C27H52O2S2. The highest BCUT2D eigenvalue weighted by Gasteiger charge is 2.38. The third-order valence-corrected chi connectivity index (χ3v) is 12.0. The first-order valence-electron chi connectivity index (χ1n) is 13.3. The predicted octanol–water partition coefficient (Wildman–Crippen LogP) is 8.01. The lowest BCUT2D eigenvalue weighted by molar-refractivity contribution is 0.224. The molecule has 5 fully saturated rings. The summed E-state index contributed by atoms with van der Waals surface area (Å²) in [6.07, 6.45) is 19.8. The molecule has 6 atom stereocenters. The van der Waals surface area contributed by atoms with Gasteiger partial charge < -0.3 is 0 Å². The Balaban J connectivity index is 0.000000163. The molecule has 2 heterocycles. The molecule has 0 aromatic carbocycles. The van der Waals surface area contributed by atoms with Gasteiger partial charge in [0, 0.05) is 0 Å². The molecule has 0 bridgehead atoms. The van der Waals surface area contributed by atoms with Crippen molar-refractivity contribution in [3.63, 3.8) is 0 Å². The first-order chi connectivity index (χ1) is 14.5. The third kappa shape index (κ3) is 8.54. The van der Waals surface area contributed by atoms with Gasteiger partial charge in [-0.05, 0) is 72.7 Å². The van der Waals surface area contributed by atoms with Crippen molar-refractivity contribution in [2.75, 3.05) is 23.0 Å². The van der Waals surface area contributed by atoms with Crippen LogP contribution in [0.25, 0.3) is 0 Å².